The summed E-state index contributed by atoms with van der Waals surface area (Å²) >= 11 is 0. The van der Waals surface area contributed by atoms with Crippen molar-refractivity contribution in [2.24, 2.45) is 11.7 Å². The Morgan fingerprint density at radius 3 is 2.29 bits per heavy atom. The molecule has 2 aromatic rings. The molecule has 0 aromatic heterocycles. The second kappa shape index (κ2) is 7.04. The van der Waals surface area contributed by atoms with Crippen LogP contribution in [0.2, 0.25) is 0 Å². The molecule has 0 spiro atoms. The van der Waals surface area contributed by atoms with Crippen LogP contribution in [0.4, 0.5) is 0 Å². The van der Waals surface area contributed by atoms with Crippen LogP contribution < -0.4 is 11.1 Å². The summed E-state index contributed by atoms with van der Waals surface area (Å²) < 4.78 is 0. The maximum atomic E-state index is 12.5. The van der Waals surface area contributed by atoms with Crippen molar-refractivity contribution in [3.05, 3.63) is 60.2 Å². The quantitative estimate of drug-likeness (QED) is 0.885. The maximum absolute atomic E-state index is 12.5. The summed E-state index contributed by atoms with van der Waals surface area (Å²) in [5.74, 6) is 0.237. The highest BCUT2D eigenvalue weighted by atomic mass is 16.1. The lowest BCUT2D eigenvalue weighted by molar-refractivity contribution is 0.0928. The standard InChI is InChI=1S/C18H22N2O/c1-13(2)17(12-19)20-18(21)16-11-7-6-10-15(16)14-8-4-3-5-9-14/h3-11,13,17H,12,19H2,1-2H3,(H,20,21). The monoisotopic (exact) mass is 282 g/mol. The van der Waals surface area contributed by atoms with E-state index in [9.17, 15) is 4.79 Å². The van der Waals surface area contributed by atoms with Crippen LogP contribution in [0.5, 0.6) is 0 Å². The molecule has 0 saturated heterocycles. The Hall–Kier alpha value is -2.13. The van der Waals surface area contributed by atoms with E-state index in [1.165, 1.54) is 0 Å². The molecule has 0 heterocycles. The van der Waals surface area contributed by atoms with Gasteiger partial charge >= 0.3 is 0 Å². The Morgan fingerprint density at radius 1 is 1.05 bits per heavy atom. The number of amides is 1. The summed E-state index contributed by atoms with van der Waals surface area (Å²) in [7, 11) is 0. The zero-order valence-corrected chi connectivity index (χ0v) is 12.5. The lowest BCUT2D eigenvalue weighted by atomic mass is 9.98. The molecular weight excluding hydrogens is 260 g/mol. The number of rotatable bonds is 5. The van der Waals surface area contributed by atoms with Gasteiger partial charge in [0.05, 0.1) is 0 Å². The van der Waals surface area contributed by atoms with Gasteiger partial charge in [-0.15, -0.1) is 0 Å². The molecular formula is C18H22N2O. The van der Waals surface area contributed by atoms with Crippen molar-refractivity contribution in [2.45, 2.75) is 19.9 Å². The number of nitrogens with two attached hydrogens (primary N) is 1. The largest absolute Gasteiger partial charge is 0.348 e. The summed E-state index contributed by atoms with van der Waals surface area (Å²) in [6.07, 6.45) is 0. The first-order valence-electron chi connectivity index (χ1n) is 7.29. The predicted molar refractivity (Wildman–Crippen MR) is 87.0 cm³/mol. The molecule has 3 nitrogen and oxygen atoms in total. The molecule has 0 aliphatic rings. The summed E-state index contributed by atoms with van der Waals surface area (Å²) in [5.41, 5.74) is 8.40. The summed E-state index contributed by atoms with van der Waals surface area (Å²) in [4.78, 5) is 12.5. The predicted octanol–water partition coefficient (Wildman–Crippen LogP) is 3.07. The molecule has 0 aliphatic heterocycles. The number of hydrogen-bond donors (Lipinski definition) is 2. The second-order valence-corrected chi connectivity index (χ2v) is 5.47. The van der Waals surface area contributed by atoms with Gasteiger partial charge in [0, 0.05) is 18.2 Å². The molecule has 1 amide bonds. The van der Waals surface area contributed by atoms with Gasteiger partial charge in [0.15, 0.2) is 0 Å². The van der Waals surface area contributed by atoms with Gasteiger partial charge in [-0.05, 0) is 23.1 Å². The van der Waals surface area contributed by atoms with Gasteiger partial charge in [-0.1, -0.05) is 62.4 Å². The normalized spacial score (nSPS) is 12.2. The van der Waals surface area contributed by atoms with E-state index in [1.807, 2.05) is 54.6 Å². The minimum Gasteiger partial charge on any atom is -0.348 e. The fourth-order valence-electron chi connectivity index (χ4n) is 2.29. The second-order valence-electron chi connectivity index (χ2n) is 5.47. The highest BCUT2D eigenvalue weighted by Crippen LogP contribution is 2.23. The molecule has 1 atom stereocenters. The zero-order chi connectivity index (χ0) is 15.2. The minimum atomic E-state index is -0.0707. The smallest absolute Gasteiger partial charge is 0.252 e. The van der Waals surface area contributed by atoms with E-state index in [2.05, 4.69) is 19.2 Å². The third kappa shape index (κ3) is 3.70. The van der Waals surface area contributed by atoms with Crippen LogP contribution in [-0.4, -0.2) is 18.5 Å². The first-order chi connectivity index (χ1) is 10.1. The van der Waals surface area contributed by atoms with Crippen molar-refractivity contribution >= 4 is 5.91 Å². The number of carbonyl (C=O) groups excluding carboxylic acids is 1. The number of benzene rings is 2. The third-order valence-electron chi connectivity index (χ3n) is 3.63. The first-order valence-corrected chi connectivity index (χ1v) is 7.29. The number of nitrogens with one attached hydrogen (secondary N) is 1. The minimum absolute atomic E-state index is 0.0127. The lowest BCUT2D eigenvalue weighted by Crippen LogP contribution is -2.43. The Balaban J connectivity index is 2.30. The molecule has 110 valence electrons. The van der Waals surface area contributed by atoms with Crippen LogP contribution in [-0.2, 0) is 0 Å². The Kier molecular flexibility index (Phi) is 5.12. The van der Waals surface area contributed by atoms with Gasteiger partial charge in [-0.2, -0.15) is 0 Å². The number of hydrogen-bond acceptors (Lipinski definition) is 2. The Morgan fingerprint density at radius 2 is 1.67 bits per heavy atom. The van der Waals surface area contributed by atoms with Crippen molar-refractivity contribution in [3.63, 3.8) is 0 Å². The highest BCUT2D eigenvalue weighted by molar-refractivity contribution is 6.01. The van der Waals surface area contributed by atoms with Crippen LogP contribution in [0, 0.1) is 5.92 Å². The van der Waals surface area contributed by atoms with E-state index < -0.39 is 0 Å². The van der Waals surface area contributed by atoms with Crippen LogP contribution >= 0.6 is 0 Å². The third-order valence-corrected chi connectivity index (χ3v) is 3.63. The topological polar surface area (TPSA) is 55.1 Å². The van der Waals surface area contributed by atoms with Crippen LogP contribution in [0.1, 0.15) is 24.2 Å². The molecule has 2 aromatic carbocycles. The highest BCUT2D eigenvalue weighted by Gasteiger charge is 2.18. The van der Waals surface area contributed by atoms with Crippen LogP contribution in [0.25, 0.3) is 11.1 Å². The van der Waals surface area contributed by atoms with Crippen molar-refractivity contribution in [1.29, 1.82) is 0 Å². The van der Waals surface area contributed by atoms with Gasteiger partial charge in [0.25, 0.3) is 5.91 Å². The van der Waals surface area contributed by atoms with Crippen molar-refractivity contribution in [2.75, 3.05) is 6.54 Å². The van der Waals surface area contributed by atoms with E-state index in [1.54, 1.807) is 0 Å². The summed E-state index contributed by atoms with van der Waals surface area (Å²) in [6.45, 7) is 4.55. The molecule has 0 radical (unpaired) electrons. The van der Waals surface area contributed by atoms with Gasteiger partial charge in [0.2, 0.25) is 0 Å². The fourth-order valence-corrected chi connectivity index (χ4v) is 2.29. The van der Waals surface area contributed by atoms with Crippen molar-refractivity contribution in [3.8, 4) is 11.1 Å². The molecule has 2 rings (SSSR count). The average molecular weight is 282 g/mol. The molecule has 21 heavy (non-hydrogen) atoms. The summed E-state index contributed by atoms with van der Waals surface area (Å²) in [5, 5.41) is 3.03. The van der Waals surface area contributed by atoms with E-state index in [0.29, 0.717) is 18.0 Å². The van der Waals surface area contributed by atoms with E-state index >= 15 is 0 Å². The SMILES string of the molecule is CC(C)C(CN)NC(=O)c1ccccc1-c1ccccc1. The molecule has 3 N–H and O–H groups in total. The maximum Gasteiger partial charge on any atom is 0.252 e. The first kappa shape index (κ1) is 15.3. The zero-order valence-electron chi connectivity index (χ0n) is 12.5. The van der Waals surface area contributed by atoms with E-state index in [4.69, 9.17) is 5.73 Å². The van der Waals surface area contributed by atoms with E-state index in [-0.39, 0.29) is 11.9 Å². The Labute approximate surface area is 126 Å². The molecule has 0 fully saturated rings. The molecule has 0 saturated carbocycles. The molecule has 1 unspecified atom stereocenters. The summed E-state index contributed by atoms with van der Waals surface area (Å²) in [6, 6.07) is 17.6. The molecule has 0 aliphatic carbocycles. The molecule has 3 heteroatoms. The van der Waals surface area contributed by atoms with Crippen molar-refractivity contribution in [1.82, 2.24) is 5.32 Å². The van der Waals surface area contributed by atoms with Gasteiger partial charge in [-0.3, -0.25) is 4.79 Å². The fraction of sp³-hybridized carbons (Fsp3) is 0.278. The van der Waals surface area contributed by atoms with Gasteiger partial charge in [0.1, 0.15) is 0 Å². The van der Waals surface area contributed by atoms with Gasteiger partial charge in [-0.25, -0.2) is 0 Å². The van der Waals surface area contributed by atoms with E-state index in [0.717, 1.165) is 11.1 Å². The average Bonchev–Trinajstić information content (AvgIpc) is 2.53. The van der Waals surface area contributed by atoms with Gasteiger partial charge < -0.3 is 11.1 Å². The Bertz CT molecular complexity index is 593. The van der Waals surface area contributed by atoms with Crippen LogP contribution in [0.15, 0.2) is 54.6 Å². The molecule has 0 bridgehead atoms. The lowest BCUT2D eigenvalue weighted by Gasteiger charge is -2.21. The van der Waals surface area contributed by atoms with Crippen molar-refractivity contribution < 1.29 is 4.79 Å². The van der Waals surface area contributed by atoms with Crippen LogP contribution in [0.3, 0.4) is 0 Å². The number of carbonyl (C=O) groups is 1.